The van der Waals surface area contributed by atoms with E-state index in [1.165, 1.54) is 0 Å². The van der Waals surface area contributed by atoms with E-state index in [1.807, 2.05) is 27.0 Å². The summed E-state index contributed by atoms with van der Waals surface area (Å²) < 4.78 is 7.34. The van der Waals surface area contributed by atoms with E-state index in [0.29, 0.717) is 17.2 Å². The summed E-state index contributed by atoms with van der Waals surface area (Å²) in [4.78, 5) is 4.61. The molecule has 5 nitrogen and oxygen atoms in total. The molecule has 0 bridgehead atoms. The van der Waals surface area contributed by atoms with Gasteiger partial charge >= 0.3 is 0 Å². The van der Waals surface area contributed by atoms with Gasteiger partial charge in [0.1, 0.15) is 4.99 Å². The van der Waals surface area contributed by atoms with Gasteiger partial charge in [0.05, 0.1) is 18.0 Å². The number of thiocarbonyl (C=S) groups is 1. The van der Waals surface area contributed by atoms with Gasteiger partial charge in [-0.2, -0.15) is 5.10 Å². The van der Waals surface area contributed by atoms with Gasteiger partial charge in [-0.3, -0.25) is 4.68 Å². The molecule has 0 radical (unpaired) electrons. The van der Waals surface area contributed by atoms with Crippen molar-refractivity contribution < 1.29 is 4.74 Å². The maximum atomic E-state index is 5.71. The van der Waals surface area contributed by atoms with Crippen molar-refractivity contribution in [2.45, 2.75) is 13.8 Å². The van der Waals surface area contributed by atoms with E-state index in [9.17, 15) is 0 Å². The SMILES string of the molecule is Cc1cc(C)c(C(N)=S)c(Oc2cnn(C)c2)n1. The Morgan fingerprint density at radius 3 is 2.72 bits per heavy atom. The van der Waals surface area contributed by atoms with Crippen molar-refractivity contribution in [3.63, 3.8) is 0 Å². The second kappa shape index (κ2) is 4.73. The van der Waals surface area contributed by atoms with Gasteiger partial charge in [0, 0.05) is 12.7 Å². The van der Waals surface area contributed by atoms with E-state index in [1.54, 1.807) is 17.1 Å². The fraction of sp³-hybridized carbons (Fsp3) is 0.250. The molecule has 18 heavy (non-hydrogen) atoms. The fourth-order valence-corrected chi connectivity index (χ4v) is 1.99. The van der Waals surface area contributed by atoms with Crippen molar-refractivity contribution in [2.75, 3.05) is 0 Å². The number of hydrogen-bond acceptors (Lipinski definition) is 4. The largest absolute Gasteiger partial charge is 0.435 e. The molecule has 94 valence electrons. The third-order valence-electron chi connectivity index (χ3n) is 2.45. The zero-order valence-electron chi connectivity index (χ0n) is 10.5. The maximum Gasteiger partial charge on any atom is 0.230 e. The summed E-state index contributed by atoms with van der Waals surface area (Å²) >= 11 is 5.04. The van der Waals surface area contributed by atoms with Gasteiger partial charge in [-0.1, -0.05) is 12.2 Å². The number of aromatic nitrogens is 3. The lowest BCUT2D eigenvalue weighted by atomic mass is 10.1. The molecule has 2 N–H and O–H groups in total. The third-order valence-corrected chi connectivity index (χ3v) is 2.66. The highest BCUT2D eigenvalue weighted by molar-refractivity contribution is 7.80. The van der Waals surface area contributed by atoms with Crippen LogP contribution < -0.4 is 10.5 Å². The van der Waals surface area contributed by atoms with Gasteiger partial charge in [-0.25, -0.2) is 4.98 Å². The average Bonchev–Trinajstić information content (AvgIpc) is 2.62. The molecule has 2 rings (SSSR count). The van der Waals surface area contributed by atoms with E-state index < -0.39 is 0 Å². The lowest BCUT2D eigenvalue weighted by molar-refractivity contribution is 0.459. The van der Waals surface area contributed by atoms with Gasteiger partial charge < -0.3 is 10.5 Å². The van der Waals surface area contributed by atoms with Crippen molar-refractivity contribution in [3.8, 4) is 11.6 Å². The van der Waals surface area contributed by atoms with E-state index >= 15 is 0 Å². The lowest BCUT2D eigenvalue weighted by Crippen LogP contribution is -2.14. The highest BCUT2D eigenvalue weighted by Gasteiger charge is 2.14. The van der Waals surface area contributed by atoms with Crippen LogP contribution in [0.15, 0.2) is 18.5 Å². The Morgan fingerprint density at radius 1 is 1.44 bits per heavy atom. The van der Waals surface area contributed by atoms with E-state index in [2.05, 4.69) is 10.1 Å². The minimum atomic E-state index is 0.277. The number of nitrogens with zero attached hydrogens (tertiary/aromatic N) is 3. The number of nitrogens with two attached hydrogens (primary N) is 1. The molecule has 0 fully saturated rings. The van der Waals surface area contributed by atoms with Crippen molar-refractivity contribution in [3.05, 3.63) is 35.3 Å². The lowest BCUT2D eigenvalue weighted by Gasteiger charge is -2.11. The Morgan fingerprint density at radius 2 is 2.17 bits per heavy atom. The standard InChI is InChI=1S/C12H14N4OS/c1-7-4-8(2)15-12(10(7)11(13)18)17-9-5-14-16(3)6-9/h4-6H,1-3H3,(H2,13,18). The number of aryl methyl sites for hydroxylation is 3. The first kappa shape index (κ1) is 12.5. The molecule has 0 amide bonds. The van der Waals surface area contributed by atoms with Crippen molar-refractivity contribution in [1.82, 2.24) is 14.8 Å². The first-order valence-corrected chi connectivity index (χ1v) is 5.82. The molecule has 0 unspecified atom stereocenters. The average molecular weight is 262 g/mol. The number of ether oxygens (including phenoxy) is 1. The molecule has 6 heteroatoms. The second-order valence-electron chi connectivity index (χ2n) is 4.08. The van der Waals surface area contributed by atoms with Crippen LogP contribution >= 0.6 is 12.2 Å². The predicted molar refractivity (Wildman–Crippen MR) is 72.9 cm³/mol. The molecular formula is C12H14N4OS. The summed E-state index contributed by atoms with van der Waals surface area (Å²) in [5, 5.41) is 4.03. The van der Waals surface area contributed by atoms with Gasteiger partial charge in [0.2, 0.25) is 5.88 Å². The second-order valence-corrected chi connectivity index (χ2v) is 4.52. The summed E-state index contributed by atoms with van der Waals surface area (Å²) in [5.41, 5.74) is 8.19. The smallest absolute Gasteiger partial charge is 0.230 e. The van der Waals surface area contributed by atoms with Crippen LogP contribution in [0.5, 0.6) is 11.6 Å². The van der Waals surface area contributed by atoms with Crippen LogP contribution in [0.3, 0.4) is 0 Å². The maximum absolute atomic E-state index is 5.71. The molecule has 0 atom stereocenters. The molecule has 2 aromatic rings. The minimum absolute atomic E-state index is 0.277. The number of rotatable bonds is 3. The Kier molecular flexibility index (Phi) is 3.29. The van der Waals surface area contributed by atoms with Crippen LogP contribution in [0.2, 0.25) is 0 Å². The predicted octanol–water partition coefficient (Wildman–Crippen LogP) is 1.86. The Labute approximate surface area is 111 Å². The summed E-state index contributed by atoms with van der Waals surface area (Å²) in [6, 6.07) is 1.92. The van der Waals surface area contributed by atoms with E-state index in [0.717, 1.165) is 11.3 Å². The van der Waals surface area contributed by atoms with Crippen molar-refractivity contribution in [2.24, 2.45) is 12.8 Å². The molecule has 0 saturated carbocycles. The number of pyridine rings is 1. The molecule has 0 saturated heterocycles. The van der Waals surface area contributed by atoms with Gasteiger partial charge in [0.25, 0.3) is 0 Å². The first-order chi connectivity index (χ1) is 8.47. The molecular weight excluding hydrogens is 248 g/mol. The molecule has 0 spiro atoms. The third kappa shape index (κ3) is 2.48. The Hall–Kier alpha value is -1.95. The Bertz CT molecular complexity index is 606. The molecule has 2 heterocycles. The topological polar surface area (TPSA) is 66.0 Å². The normalized spacial score (nSPS) is 10.4. The van der Waals surface area contributed by atoms with Crippen LogP contribution in [-0.4, -0.2) is 19.8 Å². The molecule has 0 aliphatic rings. The summed E-state index contributed by atoms with van der Waals surface area (Å²) in [5.74, 6) is 1.03. The van der Waals surface area contributed by atoms with Crippen LogP contribution in [0, 0.1) is 13.8 Å². The van der Waals surface area contributed by atoms with Crippen LogP contribution in [0.1, 0.15) is 16.8 Å². The highest BCUT2D eigenvalue weighted by atomic mass is 32.1. The van der Waals surface area contributed by atoms with Gasteiger partial charge in [-0.05, 0) is 25.5 Å². The Balaban J connectivity index is 2.45. The van der Waals surface area contributed by atoms with Gasteiger partial charge in [-0.15, -0.1) is 0 Å². The van der Waals surface area contributed by atoms with Crippen LogP contribution in [0.4, 0.5) is 0 Å². The van der Waals surface area contributed by atoms with E-state index in [-0.39, 0.29) is 4.99 Å². The molecule has 2 aromatic heterocycles. The summed E-state index contributed by atoms with van der Waals surface area (Å²) in [6.45, 7) is 3.83. The summed E-state index contributed by atoms with van der Waals surface area (Å²) in [7, 11) is 1.82. The van der Waals surface area contributed by atoms with Crippen LogP contribution in [-0.2, 0) is 7.05 Å². The highest BCUT2D eigenvalue weighted by Crippen LogP contribution is 2.25. The van der Waals surface area contributed by atoms with Crippen molar-refractivity contribution >= 4 is 17.2 Å². The van der Waals surface area contributed by atoms with Gasteiger partial charge in [0.15, 0.2) is 5.75 Å². The fourth-order valence-electron chi connectivity index (χ4n) is 1.74. The first-order valence-electron chi connectivity index (χ1n) is 5.42. The zero-order valence-corrected chi connectivity index (χ0v) is 11.3. The van der Waals surface area contributed by atoms with E-state index in [4.69, 9.17) is 22.7 Å². The molecule has 0 aromatic carbocycles. The number of hydrogen-bond donors (Lipinski definition) is 1. The molecule has 0 aliphatic heterocycles. The minimum Gasteiger partial charge on any atom is -0.435 e. The zero-order chi connectivity index (χ0) is 13.3. The quantitative estimate of drug-likeness (QED) is 0.855. The van der Waals surface area contributed by atoms with Crippen molar-refractivity contribution in [1.29, 1.82) is 0 Å². The van der Waals surface area contributed by atoms with Crippen LogP contribution in [0.25, 0.3) is 0 Å². The summed E-state index contributed by atoms with van der Waals surface area (Å²) in [6.07, 6.45) is 3.37. The monoisotopic (exact) mass is 262 g/mol. The molecule has 0 aliphatic carbocycles.